The fraction of sp³-hybridized carbons (Fsp3) is 0.353. The lowest BCUT2D eigenvalue weighted by Crippen LogP contribution is -2.26. The second-order valence-corrected chi connectivity index (χ2v) is 6.68. The lowest BCUT2D eigenvalue weighted by molar-refractivity contribution is 0.249. The summed E-state index contributed by atoms with van der Waals surface area (Å²) in [5.41, 5.74) is 2.30. The SMILES string of the molecule is Cc1nc(-c2ccccc2)sc1[C@H](C)N(C)CCn1cncn1. The molecule has 0 unspecified atom stereocenters. The van der Waals surface area contributed by atoms with Crippen molar-refractivity contribution >= 4 is 11.3 Å². The van der Waals surface area contributed by atoms with E-state index >= 15 is 0 Å². The molecule has 0 fully saturated rings. The van der Waals surface area contributed by atoms with Crippen molar-refractivity contribution in [3.63, 3.8) is 0 Å². The molecule has 6 heteroatoms. The van der Waals surface area contributed by atoms with E-state index in [1.807, 2.05) is 10.7 Å². The fourth-order valence-corrected chi connectivity index (χ4v) is 3.69. The van der Waals surface area contributed by atoms with Crippen LogP contribution in [0.15, 0.2) is 43.0 Å². The van der Waals surface area contributed by atoms with Crippen LogP contribution in [0.2, 0.25) is 0 Å². The molecule has 1 atom stereocenters. The molecule has 3 rings (SSSR count). The molecule has 0 aliphatic rings. The van der Waals surface area contributed by atoms with Gasteiger partial charge < -0.3 is 0 Å². The van der Waals surface area contributed by atoms with Crippen LogP contribution < -0.4 is 0 Å². The number of aromatic nitrogens is 4. The Labute approximate surface area is 140 Å². The molecule has 0 saturated carbocycles. The first-order chi connectivity index (χ1) is 11.1. The number of rotatable bonds is 6. The van der Waals surface area contributed by atoms with Crippen molar-refractivity contribution in [1.29, 1.82) is 0 Å². The van der Waals surface area contributed by atoms with Crippen molar-refractivity contribution in [3.8, 4) is 10.6 Å². The molecule has 0 saturated heterocycles. The van der Waals surface area contributed by atoms with Crippen molar-refractivity contribution in [2.75, 3.05) is 13.6 Å². The predicted molar refractivity (Wildman–Crippen MR) is 93.4 cm³/mol. The van der Waals surface area contributed by atoms with Crippen LogP contribution in [0.25, 0.3) is 10.6 Å². The Balaban J connectivity index is 1.71. The average molecular weight is 327 g/mol. The average Bonchev–Trinajstić information content (AvgIpc) is 3.22. The minimum Gasteiger partial charge on any atom is -0.297 e. The Hall–Kier alpha value is -2.05. The molecule has 1 aromatic carbocycles. The quantitative estimate of drug-likeness (QED) is 0.696. The highest BCUT2D eigenvalue weighted by molar-refractivity contribution is 7.15. The number of benzene rings is 1. The van der Waals surface area contributed by atoms with Crippen LogP contribution in [0.5, 0.6) is 0 Å². The number of nitrogens with zero attached hydrogens (tertiary/aromatic N) is 5. The van der Waals surface area contributed by atoms with E-state index in [0.29, 0.717) is 6.04 Å². The molecule has 5 nitrogen and oxygen atoms in total. The monoisotopic (exact) mass is 327 g/mol. The van der Waals surface area contributed by atoms with E-state index in [9.17, 15) is 0 Å². The normalized spacial score (nSPS) is 12.7. The number of hydrogen-bond acceptors (Lipinski definition) is 5. The van der Waals surface area contributed by atoms with Gasteiger partial charge >= 0.3 is 0 Å². The largest absolute Gasteiger partial charge is 0.297 e. The first kappa shape index (κ1) is 15.8. The van der Waals surface area contributed by atoms with E-state index < -0.39 is 0 Å². The molecule has 0 aliphatic heterocycles. The number of likely N-dealkylation sites (N-methyl/N-ethyl adjacent to an activating group) is 1. The van der Waals surface area contributed by atoms with E-state index in [0.717, 1.165) is 23.8 Å². The van der Waals surface area contributed by atoms with Gasteiger partial charge in [-0.25, -0.2) is 9.97 Å². The smallest absolute Gasteiger partial charge is 0.137 e. The Bertz CT molecular complexity index is 736. The second-order valence-electron chi connectivity index (χ2n) is 5.65. The van der Waals surface area contributed by atoms with E-state index in [2.05, 4.69) is 60.1 Å². The summed E-state index contributed by atoms with van der Waals surface area (Å²) < 4.78 is 1.86. The molecule has 0 N–H and O–H groups in total. The van der Waals surface area contributed by atoms with Crippen LogP contribution >= 0.6 is 11.3 Å². The summed E-state index contributed by atoms with van der Waals surface area (Å²) in [5.74, 6) is 0. The minimum atomic E-state index is 0.327. The third kappa shape index (κ3) is 3.65. The molecule has 0 amide bonds. The molecule has 2 heterocycles. The van der Waals surface area contributed by atoms with Crippen molar-refractivity contribution < 1.29 is 0 Å². The summed E-state index contributed by atoms with van der Waals surface area (Å²) in [7, 11) is 2.14. The lowest BCUT2D eigenvalue weighted by Gasteiger charge is -2.23. The summed E-state index contributed by atoms with van der Waals surface area (Å²) in [4.78, 5) is 12.4. The maximum atomic E-state index is 4.76. The predicted octanol–water partition coefficient (Wildman–Crippen LogP) is 3.40. The highest BCUT2D eigenvalue weighted by atomic mass is 32.1. The molecular weight excluding hydrogens is 306 g/mol. The Morgan fingerprint density at radius 2 is 2.04 bits per heavy atom. The van der Waals surface area contributed by atoms with Gasteiger partial charge in [-0.3, -0.25) is 9.58 Å². The van der Waals surface area contributed by atoms with Gasteiger partial charge in [-0.1, -0.05) is 30.3 Å². The molecular formula is C17H21N5S. The zero-order valence-corrected chi connectivity index (χ0v) is 14.5. The van der Waals surface area contributed by atoms with Crippen LogP contribution in [0.1, 0.15) is 23.5 Å². The highest BCUT2D eigenvalue weighted by Gasteiger charge is 2.18. The number of thiazole rings is 1. The zero-order chi connectivity index (χ0) is 16.2. The zero-order valence-electron chi connectivity index (χ0n) is 13.7. The third-order valence-electron chi connectivity index (χ3n) is 4.04. The summed E-state index contributed by atoms with van der Waals surface area (Å²) in [6.45, 7) is 6.09. The fourth-order valence-electron chi connectivity index (χ4n) is 2.50. The number of aryl methyl sites for hydroxylation is 1. The molecule has 23 heavy (non-hydrogen) atoms. The lowest BCUT2D eigenvalue weighted by atomic mass is 10.2. The summed E-state index contributed by atoms with van der Waals surface area (Å²) >= 11 is 1.78. The standard InChI is InChI=1S/C17H21N5S/c1-13-16(23-17(20-13)15-7-5-4-6-8-15)14(2)21(3)9-10-22-12-18-11-19-22/h4-8,11-12,14H,9-10H2,1-3H3/t14-/m0/s1. The van der Waals surface area contributed by atoms with Gasteiger partial charge in [0.2, 0.25) is 0 Å². The molecule has 0 bridgehead atoms. The van der Waals surface area contributed by atoms with Gasteiger partial charge in [-0.15, -0.1) is 11.3 Å². The van der Waals surface area contributed by atoms with Gasteiger partial charge in [0.05, 0.1) is 12.2 Å². The van der Waals surface area contributed by atoms with Gasteiger partial charge in [0.1, 0.15) is 17.7 Å². The van der Waals surface area contributed by atoms with Gasteiger partial charge in [0.15, 0.2) is 0 Å². The van der Waals surface area contributed by atoms with Crippen LogP contribution in [0.3, 0.4) is 0 Å². The molecule has 0 aliphatic carbocycles. The summed E-state index contributed by atoms with van der Waals surface area (Å²) in [5, 5.41) is 5.24. The molecule has 120 valence electrons. The molecule has 0 spiro atoms. The Morgan fingerprint density at radius 1 is 1.26 bits per heavy atom. The molecule has 0 radical (unpaired) electrons. The van der Waals surface area contributed by atoms with Gasteiger partial charge in [-0.05, 0) is 20.9 Å². The van der Waals surface area contributed by atoms with Crippen molar-refractivity contribution in [1.82, 2.24) is 24.6 Å². The van der Waals surface area contributed by atoms with E-state index in [1.165, 1.54) is 10.4 Å². The maximum Gasteiger partial charge on any atom is 0.137 e. The minimum absolute atomic E-state index is 0.327. The summed E-state index contributed by atoms with van der Waals surface area (Å²) in [6.07, 6.45) is 3.33. The topological polar surface area (TPSA) is 46.8 Å². The molecule has 2 aromatic heterocycles. The highest BCUT2D eigenvalue weighted by Crippen LogP contribution is 2.33. The van der Waals surface area contributed by atoms with Crippen LogP contribution in [0, 0.1) is 6.92 Å². The van der Waals surface area contributed by atoms with E-state index in [4.69, 9.17) is 4.98 Å². The Morgan fingerprint density at radius 3 is 2.74 bits per heavy atom. The first-order valence-electron chi connectivity index (χ1n) is 7.70. The van der Waals surface area contributed by atoms with Crippen LogP contribution in [-0.2, 0) is 6.54 Å². The van der Waals surface area contributed by atoms with E-state index in [-0.39, 0.29) is 0 Å². The first-order valence-corrected chi connectivity index (χ1v) is 8.52. The Kier molecular flexibility index (Phi) is 4.83. The van der Waals surface area contributed by atoms with Crippen LogP contribution in [0.4, 0.5) is 0 Å². The van der Waals surface area contributed by atoms with Crippen molar-refractivity contribution in [3.05, 3.63) is 53.6 Å². The van der Waals surface area contributed by atoms with Gasteiger partial charge in [0.25, 0.3) is 0 Å². The maximum absolute atomic E-state index is 4.76. The number of hydrogen-bond donors (Lipinski definition) is 0. The van der Waals surface area contributed by atoms with Gasteiger partial charge in [0, 0.05) is 23.0 Å². The van der Waals surface area contributed by atoms with Crippen LogP contribution in [-0.4, -0.2) is 38.2 Å². The second kappa shape index (κ2) is 7.02. The van der Waals surface area contributed by atoms with Crippen molar-refractivity contribution in [2.45, 2.75) is 26.4 Å². The molecule has 3 aromatic rings. The summed E-state index contributed by atoms with van der Waals surface area (Å²) in [6, 6.07) is 10.7. The third-order valence-corrected chi connectivity index (χ3v) is 5.42. The van der Waals surface area contributed by atoms with Gasteiger partial charge in [-0.2, -0.15) is 5.10 Å². The van der Waals surface area contributed by atoms with E-state index in [1.54, 1.807) is 24.0 Å². The van der Waals surface area contributed by atoms with Crippen molar-refractivity contribution in [2.24, 2.45) is 0 Å².